The maximum absolute atomic E-state index is 12.1. The van der Waals surface area contributed by atoms with E-state index in [2.05, 4.69) is 10.3 Å². The van der Waals surface area contributed by atoms with E-state index in [-0.39, 0.29) is 5.91 Å². The SMILES string of the molecule is COc1ncccc1CNC(=O)c1cc2ccccc2o1. The first-order valence-corrected chi connectivity index (χ1v) is 6.52. The molecule has 0 bridgehead atoms. The summed E-state index contributed by atoms with van der Waals surface area (Å²) in [5.41, 5.74) is 1.51. The van der Waals surface area contributed by atoms with Crippen LogP contribution >= 0.6 is 0 Å². The Balaban J connectivity index is 1.74. The van der Waals surface area contributed by atoms with Gasteiger partial charge in [-0.3, -0.25) is 4.79 Å². The molecular formula is C16H14N2O3. The minimum absolute atomic E-state index is 0.267. The van der Waals surface area contributed by atoms with E-state index in [1.807, 2.05) is 30.3 Å². The molecular weight excluding hydrogens is 268 g/mol. The number of amides is 1. The number of aromatic nitrogens is 1. The standard InChI is InChI=1S/C16H14N2O3/c1-20-16-12(6-4-8-17-16)10-18-15(19)14-9-11-5-2-3-7-13(11)21-14/h2-9H,10H2,1H3,(H,18,19). The van der Waals surface area contributed by atoms with Gasteiger partial charge in [-0.05, 0) is 18.2 Å². The second-order valence-corrected chi connectivity index (χ2v) is 4.50. The van der Waals surface area contributed by atoms with Gasteiger partial charge < -0.3 is 14.5 Å². The molecule has 0 fully saturated rings. The topological polar surface area (TPSA) is 64.4 Å². The number of ether oxygens (including phenoxy) is 1. The highest BCUT2D eigenvalue weighted by Gasteiger charge is 2.12. The van der Waals surface area contributed by atoms with E-state index in [4.69, 9.17) is 9.15 Å². The molecule has 2 heterocycles. The molecule has 5 nitrogen and oxygen atoms in total. The molecule has 0 saturated heterocycles. The van der Waals surface area contributed by atoms with E-state index >= 15 is 0 Å². The highest BCUT2D eigenvalue weighted by atomic mass is 16.5. The van der Waals surface area contributed by atoms with Gasteiger partial charge in [0.2, 0.25) is 5.88 Å². The zero-order valence-electron chi connectivity index (χ0n) is 11.5. The van der Waals surface area contributed by atoms with Crippen molar-refractivity contribution in [3.05, 3.63) is 60.0 Å². The molecule has 0 unspecified atom stereocenters. The van der Waals surface area contributed by atoms with E-state index in [0.717, 1.165) is 10.9 Å². The van der Waals surface area contributed by atoms with Crippen molar-refractivity contribution in [3.63, 3.8) is 0 Å². The fourth-order valence-electron chi connectivity index (χ4n) is 2.10. The van der Waals surface area contributed by atoms with Crippen LogP contribution in [0.1, 0.15) is 16.1 Å². The summed E-state index contributed by atoms with van der Waals surface area (Å²) in [6, 6.07) is 12.9. The number of nitrogens with one attached hydrogen (secondary N) is 1. The van der Waals surface area contributed by atoms with Crippen LogP contribution in [0.3, 0.4) is 0 Å². The normalized spacial score (nSPS) is 10.5. The maximum atomic E-state index is 12.1. The monoisotopic (exact) mass is 282 g/mol. The fourth-order valence-corrected chi connectivity index (χ4v) is 2.10. The van der Waals surface area contributed by atoms with Gasteiger partial charge in [-0.25, -0.2) is 4.98 Å². The predicted octanol–water partition coefficient (Wildman–Crippen LogP) is 2.77. The number of pyridine rings is 1. The lowest BCUT2D eigenvalue weighted by Crippen LogP contribution is -2.22. The van der Waals surface area contributed by atoms with Gasteiger partial charge in [-0.1, -0.05) is 24.3 Å². The zero-order valence-corrected chi connectivity index (χ0v) is 11.5. The summed E-state index contributed by atoms with van der Waals surface area (Å²) in [5, 5.41) is 3.70. The lowest BCUT2D eigenvalue weighted by Gasteiger charge is -2.07. The average molecular weight is 282 g/mol. The van der Waals surface area contributed by atoms with Crippen LogP contribution in [0.2, 0.25) is 0 Å². The van der Waals surface area contributed by atoms with Gasteiger partial charge in [0.05, 0.1) is 7.11 Å². The lowest BCUT2D eigenvalue weighted by molar-refractivity contribution is 0.0925. The van der Waals surface area contributed by atoms with Crippen LogP contribution in [-0.2, 0) is 6.54 Å². The number of carbonyl (C=O) groups excluding carboxylic acids is 1. The van der Waals surface area contributed by atoms with Crippen molar-refractivity contribution in [2.24, 2.45) is 0 Å². The van der Waals surface area contributed by atoms with Gasteiger partial charge in [0, 0.05) is 23.7 Å². The number of fused-ring (bicyclic) bond motifs is 1. The van der Waals surface area contributed by atoms with Gasteiger partial charge >= 0.3 is 0 Å². The van der Waals surface area contributed by atoms with Crippen LogP contribution < -0.4 is 10.1 Å². The Morgan fingerprint density at radius 1 is 1.29 bits per heavy atom. The molecule has 1 N–H and O–H groups in total. The summed E-state index contributed by atoms with van der Waals surface area (Å²) >= 11 is 0. The highest BCUT2D eigenvalue weighted by Crippen LogP contribution is 2.19. The average Bonchev–Trinajstić information content (AvgIpc) is 2.97. The zero-order chi connectivity index (χ0) is 14.7. The Morgan fingerprint density at radius 2 is 2.14 bits per heavy atom. The van der Waals surface area contributed by atoms with E-state index in [0.29, 0.717) is 23.8 Å². The van der Waals surface area contributed by atoms with E-state index in [1.165, 1.54) is 0 Å². The minimum Gasteiger partial charge on any atom is -0.481 e. The Bertz CT molecular complexity index is 747. The third-order valence-corrected chi connectivity index (χ3v) is 3.13. The number of rotatable bonds is 4. The maximum Gasteiger partial charge on any atom is 0.287 e. The predicted molar refractivity (Wildman–Crippen MR) is 78.2 cm³/mol. The summed E-state index contributed by atoms with van der Waals surface area (Å²) in [7, 11) is 1.55. The number of nitrogens with zero attached hydrogens (tertiary/aromatic N) is 1. The van der Waals surface area contributed by atoms with Crippen molar-refractivity contribution in [1.82, 2.24) is 10.3 Å². The summed E-state index contributed by atoms with van der Waals surface area (Å²) in [6.45, 7) is 0.326. The van der Waals surface area contributed by atoms with Crippen LogP contribution in [0.5, 0.6) is 5.88 Å². The quantitative estimate of drug-likeness (QED) is 0.799. The number of para-hydroxylation sites is 1. The van der Waals surface area contributed by atoms with Crippen molar-refractivity contribution in [2.75, 3.05) is 7.11 Å². The van der Waals surface area contributed by atoms with Crippen LogP contribution in [-0.4, -0.2) is 18.0 Å². The lowest BCUT2D eigenvalue weighted by atomic mass is 10.2. The number of hydrogen-bond acceptors (Lipinski definition) is 4. The molecule has 0 spiro atoms. The molecule has 106 valence electrons. The van der Waals surface area contributed by atoms with Crippen molar-refractivity contribution in [3.8, 4) is 5.88 Å². The molecule has 5 heteroatoms. The summed E-state index contributed by atoms with van der Waals surface area (Å²) in [5.74, 6) is 0.526. The molecule has 0 atom stereocenters. The Labute approximate surface area is 121 Å². The minimum atomic E-state index is -0.267. The van der Waals surface area contributed by atoms with Crippen LogP contribution in [0.4, 0.5) is 0 Å². The Hall–Kier alpha value is -2.82. The van der Waals surface area contributed by atoms with Gasteiger partial charge in [-0.15, -0.1) is 0 Å². The summed E-state index contributed by atoms with van der Waals surface area (Å²) in [4.78, 5) is 16.2. The number of carbonyl (C=O) groups is 1. The smallest absolute Gasteiger partial charge is 0.287 e. The van der Waals surface area contributed by atoms with Gasteiger partial charge in [0.1, 0.15) is 5.58 Å². The highest BCUT2D eigenvalue weighted by molar-refractivity contribution is 5.96. The molecule has 1 amide bonds. The molecule has 21 heavy (non-hydrogen) atoms. The number of hydrogen-bond donors (Lipinski definition) is 1. The Morgan fingerprint density at radius 3 is 2.95 bits per heavy atom. The largest absolute Gasteiger partial charge is 0.481 e. The number of furan rings is 1. The second kappa shape index (κ2) is 5.66. The van der Waals surface area contributed by atoms with E-state index in [9.17, 15) is 4.79 Å². The summed E-state index contributed by atoms with van der Waals surface area (Å²) in [6.07, 6.45) is 1.64. The van der Waals surface area contributed by atoms with Crippen molar-refractivity contribution >= 4 is 16.9 Å². The van der Waals surface area contributed by atoms with Gasteiger partial charge in [0.15, 0.2) is 5.76 Å². The number of benzene rings is 1. The molecule has 2 aromatic heterocycles. The van der Waals surface area contributed by atoms with E-state index in [1.54, 1.807) is 25.4 Å². The molecule has 0 aliphatic carbocycles. The first kappa shape index (κ1) is 13.2. The van der Waals surface area contributed by atoms with Crippen LogP contribution in [0.25, 0.3) is 11.0 Å². The molecule has 0 aliphatic rings. The Kier molecular flexibility index (Phi) is 3.55. The second-order valence-electron chi connectivity index (χ2n) is 4.50. The van der Waals surface area contributed by atoms with E-state index < -0.39 is 0 Å². The van der Waals surface area contributed by atoms with Crippen molar-refractivity contribution in [1.29, 1.82) is 0 Å². The molecule has 0 aliphatic heterocycles. The molecule has 1 aromatic carbocycles. The molecule has 0 saturated carbocycles. The van der Waals surface area contributed by atoms with Gasteiger partial charge in [0.25, 0.3) is 5.91 Å². The van der Waals surface area contributed by atoms with Crippen LogP contribution in [0, 0.1) is 0 Å². The van der Waals surface area contributed by atoms with Crippen molar-refractivity contribution in [2.45, 2.75) is 6.54 Å². The first-order chi connectivity index (χ1) is 10.3. The summed E-state index contributed by atoms with van der Waals surface area (Å²) < 4.78 is 10.7. The molecule has 3 aromatic rings. The van der Waals surface area contributed by atoms with Crippen molar-refractivity contribution < 1.29 is 13.9 Å². The third kappa shape index (κ3) is 2.72. The molecule has 3 rings (SSSR count). The number of methoxy groups -OCH3 is 1. The van der Waals surface area contributed by atoms with Crippen LogP contribution in [0.15, 0.2) is 53.1 Å². The molecule has 0 radical (unpaired) electrons. The fraction of sp³-hybridized carbons (Fsp3) is 0.125. The third-order valence-electron chi connectivity index (χ3n) is 3.13. The first-order valence-electron chi connectivity index (χ1n) is 6.52. The van der Waals surface area contributed by atoms with Gasteiger partial charge in [-0.2, -0.15) is 0 Å².